The van der Waals surface area contributed by atoms with Crippen molar-refractivity contribution >= 4 is 22.6 Å². The molecular formula is C29H34N2O2S2. The van der Waals surface area contributed by atoms with Gasteiger partial charge in [-0.15, -0.1) is 11.8 Å². The highest BCUT2D eigenvalue weighted by Gasteiger charge is 2.18. The number of unbranched alkanes of at least 4 members (excludes halogenated alkanes) is 5. The fourth-order valence-electron chi connectivity index (χ4n) is 3.90. The van der Waals surface area contributed by atoms with Crippen LogP contribution in [0.1, 0.15) is 51.0 Å². The number of aromatic nitrogens is 1. The van der Waals surface area contributed by atoms with Gasteiger partial charge in [0, 0.05) is 33.4 Å². The molecule has 0 radical (unpaired) electrons. The molecule has 0 fully saturated rings. The lowest BCUT2D eigenvalue weighted by molar-refractivity contribution is 0.224. The van der Waals surface area contributed by atoms with Crippen LogP contribution in [0.4, 0.5) is 0 Å². The molecule has 0 aliphatic rings. The number of nitrogens with zero attached hydrogens (tertiary/aromatic N) is 2. The first-order valence-corrected chi connectivity index (χ1v) is 14.8. The van der Waals surface area contributed by atoms with Gasteiger partial charge in [0.05, 0.1) is 23.1 Å². The minimum Gasteiger partial charge on any atom is -0.391 e. The molecule has 1 aromatic heterocycles. The van der Waals surface area contributed by atoms with Crippen molar-refractivity contribution < 1.29 is 9.32 Å². The molecule has 0 saturated heterocycles. The van der Waals surface area contributed by atoms with Crippen molar-refractivity contribution in [3.63, 3.8) is 0 Å². The van der Waals surface area contributed by atoms with Crippen molar-refractivity contribution in [1.29, 1.82) is 5.26 Å². The van der Waals surface area contributed by atoms with Gasteiger partial charge in [0.15, 0.2) is 0 Å². The smallest absolute Gasteiger partial charge is 0.115 e. The molecule has 184 valence electrons. The molecule has 3 aromatic rings. The first-order valence-electron chi connectivity index (χ1n) is 12.3. The Hall–Kier alpha value is -2.46. The van der Waals surface area contributed by atoms with Crippen molar-refractivity contribution in [1.82, 2.24) is 4.98 Å². The summed E-state index contributed by atoms with van der Waals surface area (Å²) >= 11 is 1.36. The molecule has 3 rings (SSSR count). The normalized spacial score (nSPS) is 12.7. The molecule has 0 saturated carbocycles. The van der Waals surface area contributed by atoms with E-state index >= 15 is 0 Å². The van der Waals surface area contributed by atoms with Crippen LogP contribution in [0.15, 0.2) is 71.8 Å². The summed E-state index contributed by atoms with van der Waals surface area (Å²) in [5, 5.41) is 21.1. The monoisotopic (exact) mass is 506 g/mol. The number of benzene rings is 2. The second-order valence-electron chi connectivity index (χ2n) is 8.62. The van der Waals surface area contributed by atoms with Crippen LogP contribution in [0.5, 0.6) is 0 Å². The summed E-state index contributed by atoms with van der Waals surface area (Å²) in [7, 11) is -1.04. The maximum atomic E-state index is 12.4. The fourth-order valence-corrected chi connectivity index (χ4v) is 6.22. The predicted molar refractivity (Wildman–Crippen MR) is 148 cm³/mol. The Bertz CT molecular complexity index is 1110. The molecule has 2 atom stereocenters. The van der Waals surface area contributed by atoms with E-state index in [2.05, 4.69) is 13.0 Å². The number of rotatable bonds is 14. The van der Waals surface area contributed by atoms with E-state index in [0.29, 0.717) is 22.1 Å². The van der Waals surface area contributed by atoms with Gasteiger partial charge in [-0.25, -0.2) is 4.98 Å². The summed E-state index contributed by atoms with van der Waals surface area (Å²) in [5.41, 5.74) is 4.03. The summed E-state index contributed by atoms with van der Waals surface area (Å²) in [6.45, 7) is 2.20. The standard InChI is InChI=1S/C29H34N2O2S2/c1-2-3-4-5-6-13-18-35(33)22-25(32)21-34-29-27(20-30)26(23-14-9-7-10-15-23)19-28(31-29)24-16-11-8-12-17-24/h7-12,14-17,19,25,32H,2-6,13,18,21-22H2,1H3/t25-,35-/m0/s1. The van der Waals surface area contributed by atoms with Gasteiger partial charge in [0.25, 0.3) is 0 Å². The summed E-state index contributed by atoms with van der Waals surface area (Å²) in [5.74, 6) is 1.24. The number of aliphatic hydroxyl groups is 1. The van der Waals surface area contributed by atoms with Crippen LogP contribution in [0.25, 0.3) is 22.4 Å². The molecule has 0 aliphatic heterocycles. The molecule has 6 heteroatoms. The zero-order valence-corrected chi connectivity index (χ0v) is 22.0. The zero-order chi connectivity index (χ0) is 24.9. The largest absolute Gasteiger partial charge is 0.391 e. The van der Waals surface area contributed by atoms with E-state index < -0.39 is 16.9 Å². The number of nitriles is 1. The Morgan fingerprint density at radius 1 is 0.971 bits per heavy atom. The van der Waals surface area contributed by atoms with Crippen molar-refractivity contribution in [3.8, 4) is 28.5 Å². The third kappa shape index (κ3) is 8.61. The average Bonchev–Trinajstić information content (AvgIpc) is 2.90. The van der Waals surface area contributed by atoms with Gasteiger partial charge in [0.1, 0.15) is 11.1 Å². The van der Waals surface area contributed by atoms with E-state index in [1.807, 2.05) is 66.7 Å². The first-order chi connectivity index (χ1) is 17.1. The third-order valence-corrected chi connectivity index (χ3v) is 8.39. The number of aliphatic hydroxyl groups excluding tert-OH is 1. The molecule has 0 amide bonds. The van der Waals surface area contributed by atoms with E-state index in [9.17, 15) is 14.6 Å². The van der Waals surface area contributed by atoms with E-state index in [0.717, 1.165) is 35.2 Å². The molecule has 0 unspecified atom stereocenters. The van der Waals surface area contributed by atoms with Crippen LogP contribution in [0.3, 0.4) is 0 Å². The van der Waals surface area contributed by atoms with E-state index in [-0.39, 0.29) is 5.75 Å². The van der Waals surface area contributed by atoms with Crippen LogP contribution < -0.4 is 0 Å². The average molecular weight is 507 g/mol. The SMILES string of the molecule is CCCCCCCC[S@](=O)C[C@@H](O)CSc1nc(-c2ccccc2)cc(-c2ccccc2)c1C#N. The van der Waals surface area contributed by atoms with Crippen molar-refractivity contribution in [2.24, 2.45) is 0 Å². The van der Waals surface area contributed by atoms with Crippen LogP contribution >= 0.6 is 11.8 Å². The maximum Gasteiger partial charge on any atom is 0.115 e. The number of hydrogen-bond donors (Lipinski definition) is 1. The summed E-state index contributed by atoms with van der Waals surface area (Å²) in [6.07, 6.45) is 6.23. The van der Waals surface area contributed by atoms with Crippen LogP contribution in [-0.2, 0) is 10.8 Å². The van der Waals surface area contributed by atoms with Crippen LogP contribution in [0.2, 0.25) is 0 Å². The van der Waals surface area contributed by atoms with Crippen LogP contribution in [0, 0.1) is 11.3 Å². The molecule has 2 aromatic carbocycles. The number of hydrogen-bond acceptors (Lipinski definition) is 5. The Morgan fingerprint density at radius 2 is 1.60 bits per heavy atom. The summed E-state index contributed by atoms with van der Waals surface area (Å²) in [4.78, 5) is 4.79. The zero-order valence-electron chi connectivity index (χ0n) is 20.4. The van der Waals surface area contributed by atoms with Crippen LogP contribution in [-0.4, -0.2) is 37.7 Å². The molecular weight excluding hydrogens is 472 g/mol. The van der Waals surface area contributed by atoms with Gasteiger partial charge < -0.3 is 5.11 Å². The van der Waals surface area contributed by atoms with E-state index in [4.69, 9.17) is 4.98 Å². The second-order valence-corrected chi connectivity index (χ2v) is 11.3. The lowest BCUT2D eigenvalue weighted by atomic mass is 9.99. The topological polar surface area (TPSA) is 74.0 Å². The molecule has 0 aliphatic carbocycles. The molecule has 4 nitrogen and oxygen atoms in total. The summed E-state index contributed by atoms with van der Waals surface area (Å²) in [6, 6.07) is 24.0. The Balaban J connectivity index is 1.70. The van der Waals surface area contributed by atoms with Crippen molar-refractivity contribution in [3.05, 3.63) is 72.3 Å². The highest BCUT2D eigenvalue weighted by Crippen LogP contribution is 2.34. The van der Waals surface area contributed by atoms with Gasteiger partial charge in [0.2, 0.25) is 0 Å². The maximum absolute atomic E-state index is 12.4. The van der Waals surface area contributed by atoms with Gasteiger partial charge in [-0.05, 0) is 18.1 Å². The quantitative estimate of drug-likeness (QED) is 0.191. The second kappa shape index (κ2) is 14.8. The molecule has 0 bridgehead atoms. The van der Waals surface area contributed by atoms with E-state index in [1.165, 1.54) is 37.4 Å². The summed E-state index contributed by atoms with van der Waals surface area (Å²) < 4.78 is 12.4. The van der Waals surface area contributed by atoms with Gasteiger partial charge in [-0.3, -0.25) is 4.21 Å². The minimum atomic E-state index is -1.04. The Labute approximate surface area is 216 Å². The highest BCUT2D eigenvalue weighted by atomic mass is 32.2. The van der Waals surface area contributed by atoms with Gasteiger partial charge in [-0.2, -0.15) is 5.26 Å². The highest BCUT2D eigenvalue weighted by molar-refractivity contribution is 7.99. The van der Waals surface area contributed by atoms with Gasteiger partial charge in [-0.1, -0.05) is 99.7 Å². The molecule has 1 heterocycles. The first kappa shape index (κ1) is 27.1. The lowest BCUT2D eigenvalue weighted by Gasteiger charge is -2.14. The number of thioether (sulfide) groups is 1. The van der Waals surface area contributed by atoms with Crippen molar-refractivity contribution in [2.75, 3.05) is 17.3 Å². The van der Waals surface area contributed by atoms with Crippen molar-refractivity contribution in [2.45, 2.75) is 56.6 Å². The number of pyridine rings is 1. The van der Waals surface area contributed by atoms with E-state index in [1.54, 1.807) is 0 Å². The lowest BCUT2D eigenvalue weighted by Crippen LogP contribution is -2.21. The third-order valence-electron chi connectivity index (χ3n) is 5.77. The predicted octanol–water partition coefficient (Wildman–Crippen LogP) is 6.85. The van der Waals surface area contributed by atoms with Gasteiger partial charge >= 0.3 is 0 Å². The Kier molecular flexibility index (Phi) is 11.5. The minimum absolute atomic E-state index is 0.258. The Morgan fingerprint density at radius 3 is 2.26 bits per heavy atom. The fraction of sp³-hybridized carbons (Fsp3) is 0.379. The molecule has 1 N–H and O–H groups in total. The molecule has 0 spiro atoms. The molecule has 35 heavy (non-hydrogen) atoms.